The Balaban J connectivity index is 2.92. The maximum Gasteiger partial charge on any atom is 0.241 e. The van der Waals surface area contributed by atoms with Gasteiger partial charge in [0, 0.05) is 22.9 Å². The second kappa shape index (κ2) is 5.92. The SMILES string of the molecule is COCC(C)NS(=O)(=O)c1cc(CO)sc1C. The molecule has 17 heavy (non-hydrogen) atoms. The summed E-state index contributed by atoms with van der Waals surface area (Å²) in [6.07, 6.45) is 0. The Labute approximate surface area is 105 Å². The highest BCUT2D eigenvalue weighted by atomic mass is 32.2. The Morgan fingerprint density at radius 2 is 2.24 bits per heavy atom. The Morgan fingerprint density at radius 3 is 2.71 bits per heavy atom. The number of methoxy groups -OCH3 is 1. The minimum absolute atomic E-state index is 0.144. The predicted molar refractivity (Wildman–Crippen MR) is 66.6 cm³/mol. The minimum Gasteiger partial charge on any atom is -0.391 e. The average Bonchev–Trinajstić information content (AvgIpc) is 2.60. The van der Waals surface area contributed by atoms with E-state index in [-0.39, 0.29) is 17.5 Å². The fourth-order valence-electron chi connectivity index (χ4n) is 1.48. The van der Waals surface area contributed by atoms with Gasteiger partial charge in [-0.15, -0.1) is 11.3 Å². The summed E-state index contributed by atoms with van der Waals surface area (Å²) in [6.45, 7) is 3.62. The number of rotatable bonds is 6. The lowest BCUT2D eigenvalue weighted by Crippen LogP contribution is -2.35. The molecule has 0 bridgehead atoms. The van der Waals surface area contributed by atoms with E-state index in [2.05, 4.69) is 4.72 Å². The van der Waals surface area contributed by atoms with Crippen LogP contribution in [0.1, 0.15) is 16.7 Å². The molecule has 98 valence electrons. The molecule has 0 aliphatic heterocycles. The van der Waals surface area contributed by atoms with Crippen LogP contribution in [0.25, 0.3) is 0 Å². The maximum absolute atomic E-state index is 12.0. The highest BCUT2D eigenvalue weighted by Crippen LogP contribution is 2.25. The van der Waals surface area contributed by atoms with Crippen molar-refractivity contribution < 1.29 is 18.3 Å². The lowest BCUT2D eigenvalue weighted by Gasteiger charge is -2.12. The summed E-state index contributed by atoms with van der Waals surface area (Å²) >= 11 is 1.28. The van der Waals surface area contributed by atoms with E-state index < -0.39 is 10.0 Å². The molecule has 0 aliphatic rings. The quantitative estimate of drug-likeness (QED) is 0.810. The number of hydrogen-bond donors (Lipinski definition) is 2. The number of hydrogen-bond acceptors (Lipinski definition) is 5. The third kappa shape index (κ3) is 3.75. The number of aryl methyl sites for hydroxylation is 1. The largest absolute Gasteiger partial charge is 0.391 e. The van der Waals surface area contributed by atoms with Gasteiger partial charge in [0.15, 0.2) is 0 Å². The van der Waals surface area contributed by atoms with Gasteiger partial charge in [0.2, 0.25) is 10.0 Å². The molecule has 0 amide bonds. The first-order valence-electron chi connectivity index (χ1n) is 5.12. The first kappa shape index (κ1) is 14.6. The van der Waals surface area contributed by atoms with Crippen LogP contribution in [0.15, 0.2) is 11.0 Å². The Kier molecular flexibility index (Phi) is 5.08. The number of sulfonamides is 1. The molecule has 0 radical (unpaired) electrons. The summed E-state index contributed by atoms with van der Waals surface area (Å²) in [4.78, 5) is 1.54. The van der Waals surface area contributed by atoms with Crippen molar-refractivity contribution in [2.45, 2.75) is 31.4 Å². The second-order valence-corrected chi connectivity index (χ2v) is 6.79. The van der Waals surface area contributed by atoms with Crippen LogP contribution in [0.3, 0.4) is 0 Å². The van der Waals surface area contributed by atoms with E-state index in [0.29, 0.717) is 16.4 Å². The predicted octanol–water partition coefficient (Wildman–Crippen LogP) is 0.862. The highest BCUT2D eigenvalue weighted by Gasteiger charge is 2.21. The number of aliphatic hydroxyl groups excluding tert-OH is 1. The summed E-state index contributed by atoms with van der Waals surface area (Å²) in [7, 11) is -2.01. The normalized spacial score (nSPS) is 13.9. The molecule has 0 fully saturated rings. The molecule has 0 aromatic carbocycles. The van der Waals surface area contributed by atoms with Crippen molar-refractivity contribution in [3.05, 3.63) is 15.8 Å². The monoisotopic (exact) mass is 279 g/mol. The van der Waals surface area contributed by atoms with Gasteiger partial charge in [-0.25, -0.2) is 13.1 Å². The van der Waals surface area contributed by atoms with Crippen molar-refractivity contribution >= 4 is 21.4 Å². The Hall–Kier alpha value is -0.470. The van der Waals surface area contributed by atoms with Crippen LogP contribution in [0.2, 0.25) is 0 Å². The summed E-state index contributed by atoms with van der Waals surface area (Å²) in [5, 5.41) is 8.98. The topological polar surface area (TPSA) is 75.6 Å². The van der Waals surface area contributed by atoms with E-state index in [1.54, 1.807) is 13.8 Å². The molecule has 2 N–H and O–H groups in total. The van der Waals surface area contributed by atoms with Crippen molar-refractivity contribution in [1.82, 2.24) is 4.72 Å². The van der Waals surface area contributed by atoms with Crippen molar-refractivity contribution in [1.29, 1.82) is 0 Å². The molecule has 1 unspecified atom stereocenters. The summed E-state index contributed by atoms with van der Waals surface area (Å²) < 4.78 is 31.5. The molecule has 0 saturated heterocycles. The van der Waals surface area contributed by atoms with Crippen molar-refractivity contribution in [3.63, 3.8) is 0 Å². The van der Waals surface area contributed by atoms with Gasteiger partial charge in [-0.3, -0.25) is 0 Å². The van der Waals surface area contributed by atoms with Gasteiger partial charge < -0.3 is 9.84 Å². The third-order valence-electron chi connectivity index (χ3n) is 2.14. The first-order valence-corrected chi connectivity index (χ1v) is 7.42. The van der Waals surface area contributed by atoms with E-state index in [4.69, 9.17) is 9.84 Å². The molecule has 5 nitrogen and oxygen atoms in total. The van der Waals surface area contributed by atoms with E-state index >= 15 is 0 Å². The standard InChI is InChI=1S/C10H17NO4S2/c1-7(6-15-3)11-17(13,14)10-4-9(5-12)16-8(10)2/h4,7,11-12H,5-6H2,1-3H3. The number of ether oxygens (including phenoxy) is 1. The molecule has 1 aromatic heterocycles. The Bertz CT molecular complexity index is 467. The zero-order chi connectivity index (χ0) is 13.1. The molecule has 1 rings (SSSR count). The molecule has 1 aromatic rings. The fraction of sp³-hybridized carbons (Fsp3) is 0.600. The van der Waals surface area contributed by atoms with Crippen LogP contribution in [0.4, 0.5) is 0 Å². The van der Waals surface area contributed by atoms with Crippen LogP contribution < -0.4 is 4.72 Å². The smallest absolute Gasteiger partial charge is 0.241 e. The molecule has 1 atom stereocenters. The lowest BCUT2D eigenvalue weighted by molar-refractivity contribution is 0.180. The average molecular weight is 279 g/mol. The van der Waals surface area contributed by atoms with E-state index in [1.807, 2.05) is 0 Å². The van der Waals surface area contributed by atoms with Crippen molar-refractivity contribution in [3.8, 4) is 0 Å². The maximum atomic E-state index is 12.0. The van der Waals surface area contributed by atoms with Gasteiger partial charge in [0.25, 0.3) is 0 Å². The van der Waals surface area contributed by atoms with E-state index in [1.165, 1.54) is 24.5 Å². The Morgan fingerprint density at radius 1 is 1.59 bits per heavy atom. The van der Waals surface area contributed by atoms with Gasteiger partial charge in [-0.05, 0) is 19.9 Å². The second-order valence-electron chi connectivity index (χ2n) is 3.77. The van der Waals surface area contributed by atoms with Crippen LogP contribution >= 0.6 is 11.3 Å². The number of nitrogens with one attached hydrogen (secondary N) is 1. The number of aliphatic hydroxyl groups is 1. The third-order valence-corrected chi connectivity index (χ3v) is 5.02. The zero-order valence-electron chi connectivity index (χ0n) is 10.1. The molecule has 0 aliphatic carbocycles. The molecule has 1 heterocycles. The fourth-order valence-corrected chi connectivity index (χ4v) is 4.20. The zero-order valence-corrected chi connectivity index (χ0v) is 11.7. The molecule has 0 spiro atoms. The van der Waals surface area contributed by atoms with Gasteiger partial charge in [-0.2, -0.15) is 0 Å². The van der Waals surface area contributed by atoms with Gasteiger partial charge in [0.05, 0.1) is 18.1 Å². The summed E-state index contributed by atoms with van der Waals surface area (Å²) in [6, 6.07) is 1.21. The van der Waals surface area contributed by atoms with Crippen molar-refractivity contribution in [2.75, 3.05) is 13.7 Å². The van der Waals surface area contributed by atoms with Crippen LogP contribution in [0.5, 0.6) is 0 Å². The number of thiophene rings is 1. The lowest BCUT2D eigenvalue weighted by atomic mass is 10.4. The molecular formula is C10H17NO4S2. The molecule has 7 heteroatoms. The van der Waals surface area contributed by atoms with E-state index in [9.17, 15) is 8.42 Å². The van der Waals surface area contributed by atoms with Crippen molar-refractivity contribution in [2.24, 2.45) is 0 Å². The molecule has 0 saturated carbocycles. The van der Waals surface area contributed by atoms with Crippen LogP contribution in [0, 0.1) is 6.92 Å². The highest BCUT2D eigenvalue weighted by molar-refractivity contribution is 7.89. The van der Waals surface area contributed by atoms with Gasteiger partial charge in [-0.1, -0.05) is 0 Å². The van der Waals surface area contributed by atoms with Gasteiger partial charge in [0.1, 0.15) is 0 Å². The molecular weight excluding hydrogens is 262 g/mol. The van der Waals surface area contributed by atoms with E-state index in [0.717, 1.165) is 0 Å². The van der Waals surface area contributed by atoms with Crippen LogP contribution in [-0.2, 0) is 21.4 Å². The first-order chi connectivity index (χ1) is 7.90. The van der Waals surface area contributed by atoms with Gasteiger partial charge >= 0.3 is 0 Å². The summed E-state index contributed by atoms with van der Waals surface area (Å²) in [5.74, 6) is 0. The summed E-state index contributed by atoms with van der Waals surface area (Å²) in [5.41, 5.74) is 0. The van der Waals surface area contributed by atoms with Crippen LogP contribution in [-0.4, -0.2) is 33.3 Å². The minimum atomic E-state index is -3.53.